The smallest absolute Gasteiger partial charge is 0.0786 e. The first kappa shape index (κ1) is 114. The molecule has 0 atom stereocenters. The van der Waals surface area contributed by atoms with Crippen LogP contribution in [0.25, 0.3) is 0 Å². The average Bonchev–Trinajstić information content (AvgIpc) is 3.37. The summed E-state index contributed by atoms with van der Waals surface area (Å²) < 4.78 is 5.68. The molecule has 0 fully saturated rings. The van der Waals surface area contributed by atoms with Gasteiger partial charge in [0.25, 0.3) is 0 Å². The molecule has 0 radical (unpaired) electrons. The van der Waals surface area contributed by atoms with Crippen LogP contribution in [0.3, 0.4) is 0 Å². The second-order valence-electron chi connectivity index (χ2n) is 22.6. The zero-order chi connectivity index (χ0) is 51.9. The summed E-state index contributed by atoms with van der Waals surface area (Å²) in [5.41, 5.74) is 0. The molecule has 0 aromatic rings. The van der Waals surface area contributed by atoms with E-state index in [9.17, 15) is 0 Å². The normalized spacial score (nSPS) is 10.5. The average molecular weight is 1480 g/mol. The van der Waals surface area contributed by atoms with Gasteiger partial charge in [-0.25, -0.2) is 0 Å². The summed E-state index contributed by atoms with van der Waals surface area (Å²) in [6.07, 6.45) is 44.2. The molecule has 0 aliphatic carbocycles. The van der Waals surface area contributed by atoms with Crippen molar-refractivity contribution in [1.82, 2.24) is 0 Å². The van der Waals surface area contributed by atoms with Crippen LogP contribution in [0.1, 0.15) is 316 Å². The summed E-state index contributed by atoms with van der Waals surface area (Å²) in [7, 11) is 0. The molecule has 0 aliphatic heterocycles. The molecule has 0 aromatic heterocycles. The zero-order valence-electron chi connectivity index (χ0n) is 56.3. The van der Waals surface area contributed by atoms with Gasteiger partial charge in [0.2, 0.25) is 0 Å². The van der Waals surface area contributed by atoms with E-state index in [4.69, 9.17) is 0 Å². The van der Waals surface area contributed by atoms with Crippen LogP contribution in [0, 0.1) is 0 Å². The molecule has 0 saturated heterocycles. The second kappa shape index (κ2) is 86.7. The summed E-state index contributed by atoms with van der Waals surface area (Å²) in [5, 5.41) is 0. The van der Waals surface area contributed by atoms with Crippen molar-refractivity contribution >= 4 is 0 Å². The van der Waals surface area contributed by atoms with Gasteiger partial charge in [0.05, 0.1) is 105 Å². The van der Waals surface area contributed by atoms with Gasteiger partial charge in [0.15, 0.2) is 0 Å². The molecule has 0 saturated carbocycles. The molecule has 12 N–H and O–H groups in total. The first-order valence-electron chi connectivity index (χ1n) is 32.4. The Labute approximate surface area is 521 Å². The van der Waals surface area contributed by atoms with E-state index in [1.54, 1.807) is 0 Å². The van der Waals surface area contributed by atoms with Crippen molar-refractivity contribution in [2.24, 2.45) is 0 Å². The fraction of sp³-hybridized carbons (Fsp3) is 1.00. The van der Waals surface area contributed by atoms with E-state index in [0.29, 0.717) is 0 Å². The largest absolute Gasteiger partial charge is 0.870 e. The Morgan fingerprint density at radius 3 is 0.231 bits per heavy atom. The van der Waals surface area contributed by atoms with E-state index < -0.39 is 0 Å². The molecule has 0 spiro atoms. The molecule has 14 heteroatoms. The van der Waals surface area contributed by atoms with Crippen molar-refractivity contribution in [2.45, 2.75) is 316 Å². The maximum Gasteiger partial charge on any atom is 0.0786 e. The Morgan fingerprint density at radius 2 is 0.192 bits per heavy atom. The summed E-state index contributed by atoms with van der Waals surface area (Å²) >= 11 is 0. The van der Waals surface area contributed by atoms with Crippen molar-refractivity contribution in [3.05, 3.63) is 0 Å². The predicted molar refractivity (Wildman–Crippen MR) is 340 cm³/mol. The van der Waals surface area contributed by atoms with E-state index in [0.717, 1.165) is 0 Å². The van der Waals surface area contributed by atoms with Crippen molar-refractivity contribution < 1.29 is 104 Å². The summed E-state index contributed by atoms with van der Waals surface area (Å²) in [6, 6.07) is 0. The van der Waals surface area contributed by atoms with Gasteiger partial charge < -0.3 is 61.7 Å². The molecule has 12 nitrogen and oxygen atoms in total. The minimum atomic E-state index is 0. The molecule has 0 rings (SSSR count). The van der Waals surface area contributed by atoms with Gasteiger partial charge >= 0.3 is 0 Å². The van der Waals surface area contributed by atoms with Gasteiger partial charge in [-0.3, -0.25) is 0 Å². The summed E-state index contributed by atoms with van der Waals surface area (Å²) in [6.45, 7) is 60.1. The van der Waals surface area contributed by atoms with E-state index in [2.05, 4.69) is 111 Å². The molecule has 0 unspecified atom stereocenters. The van der Waals surface area contributed by atoms with Gasteiger partial charge in [0.1, 0.15) is 0 Å². The molecule has 0 amide bonds. The third-order valence-corrected chi connectivity index (χ3v) is 15.8. The van der Waals surface area contributed by atoms with Crippen molar-refractivity contribution in [3.63, 3.8) is 0 Å². The number of nitrogens with zero attached hydrogens (tertiary/aromatic N) is 4. The van der Waals surface area contributed by atoms with E-state index in [-0.39, 0.29) is 85.9 Å². The number of unbranched alkanes of at least 4 members (excludes halogenated alkanes) is 16. The van der Waals surface area contributed by atoms with E-state index in [1.807, 2.05) is 0 Å². The molecule has 0 aromatic carbocycles. The minimum Gasteiger partial charge on any atom is -0.870 e. The Balaban J connectivity index is -0.0000000560. The topological polar surface area (TPSA) is 246 Å². The van der Waals surface area contributed by atoms with Crippen LogP contribution in [0.15, 0.2) is 0 Å². The van der Waals surface area contributed by atoms with Crippen LogP contribution < -0.4 is 0 Å². The fourth-order valence-electron chi connectivity index (χ4n) is 10.6. The molecule has 0 aliphatic rings. The van der Waals surface area contributed by atoms with Crippen LogP contribution in [0.4, 0.5) is 0 Å². The Bertz CT molecular complexity index is 659. The molecule has 0 bridgehead atoms. The fourth-order valence-corrected chi connectivity index (χ4v) is 10.6. The molecule has 492 valence electrons. The number of quaternary nitrogens is 4. The molecule has 0 heterocycles. The summed E-state index contributed by atoms with van der Waals surface area (Å²) in [5.74, 6) is 0. The predicted octanol–water partition coefficient (Wildman–Crippen LogP) is 16.0. The van der Waals surface area contributed by atoms with E-state index >= 15 is 0 Å². The first-order chi connectivity index (χ1) is 33.0. The minimum absolute atomic E-state index is 0. The Kier molecular flexibility index (Phi) is 126. The van der Waals surface area contributed by atoms with Crippen LogP contribution >= 0.6 is 0 Å². The van der Waals surface area contributed by atoms with Crippen LogP contribution in [-0.2, 0) is 42.1 Å². The third-order valence-electron chi connectivity index (χ3n) is 15.8. The molecular weight excluding hydrogens is 1320 g/mol. The van der Waals surface area contributed by atoms with Gasteiger partial charge in [-0.1, -0.05) is 214 Å². The van der Waals surface area contributed by atoms with Gasteiger partial charge in [-0.05, 0) is 103 Å². The maximum absolute atomic E-state index is 2.33. The van der Waals surface area contributed by atoms with Gasteiger partial charge in [0, 0.05) is 42.1 Å². The standard InChI is InChI=1S/4C16H36N.8H2O.2W/c4*1-5-9-13-17(14-10-6-2,15-11-7-3)16-12-8-4;;;;;;;;;;/h4*5-16H2,1-4H3;8*1H2;;/q4*+1;;;;;;;;;;/p-4. The van der Waals surface area contributed by atoms with Crippen LogP contribution in [0.2, 0.25) is 0 Å². The molecular formula is C64H156N4O8W2. The van der Waals surface area contributed by atoms with Gasteiger partial charge in [-0.2, -0.15) is 0 Å². The van der Waals surface area contributed by atoms with E-state index in [1.165, 1.54) is 328 Å². The summed E-state index contributed by atoms with van der Waals surface area (Å²) in [4.78, 5) is 0. The Morgan fingerprint density at radius 1 is 0.141 bits per heavy atom. The number of hydrogen-bond acceptors (Lipinski definition) is 4. The maximum atomic E-state index is 2.33. The van der Waals surface area contributed by atoms with Crippen molar-refractivity contribution in [2.75, 3.05) is 105 Å². The number of hydrogen-bond donors (Lipinski definition) is 0. The zero-order valence-corrected chi connectivity index (χ0v) is 62.2. The van der Waals surface area contributed by atoms with Crippen LogP contribution in [0.5, 0.6) is 0 Å². The van der Waals surface area contributed by atoms with Gasteiger partial charge in [-0.15, -0.1) is 0 Å². The second-order valence-corrected chi connectivity index (χ2v) is 22.6. The first-order valence-corrected chi connectivity index (χ1v) is 32.4. The van der Waals surface area contributed by atoms with Crippen LogP contribution in [-0.4, -0.2) is 166 Å². The monoisotopic (exact) mass is 1480 g/mol. The molecule has 78 heavy (non-hydrogen) atoms. The van der Waals surface area contributed by atoms with Crippen molar-refractivity contribution in [1.29, 1.82) is 0 Å². The van der Waals surface area contributed by atoms with Crippen molar-refractivity contribution in [3.8, 4) is 0 Å². The SMILES string of the molecule is CCCC[N+](CCCC)(CCCC)CCCC.CCCC[N+](CCCC)(CCCC)CCCC.CCCC[N+](CCCC)(CCCC)CCCC.CCCC[N+](CCCC)(CCCC)CCCC.O.O.O.O.[OH-].[OH-].[OH-].[OH-].[W].[W]. The Hall–Kier alpha value is 0.897. The third kappa shape index (κ3) is 67.7. The number of rotatable bonds is 48. The quantitative estimate of drug-likeness (QED) is 0.0539.